The lowest BCUT2D eigenvalue weighted by Gasteiger charge is -2.14. The van der Waals surface area contributed by atoms with Crippen LogP contribution in [0.25, 0.3) is 0 Å². The van der Waals surface area contributed by atoms with Crippen LogP contribution in [0.15, 0.2) is 47.4 Å². The van der Waals surface area contributed by atoms with Crippen LogP contribution in [0.1, 0.15) is 29.3 Å². The molecule has 0 aliphatic rings. The second kappa shape index (κ2) is 9.48. The fourth-order valence-corrected chi connectivity index (χ4v) is 3.85. The Morgan fingerprint density at radius 3 is 2.52 bits per heavy atom. The Kier molecular flexibility index (Phi) is 7.32. The van der Waals surface area contributed by atoms with Crippen LogP contribution >= 0.6 is 0 Å². The second-order valence-electron chi connectivity index (χ2n) is 6.07. The molecule has 0 saturated carbocycles. The maximum absolute atomic E-state index is 13.3. The van der Waals surface area contributed by atoms with Gasteiger partial charge in [0.25, 0.3) is 15.9 Å². The van der Waals surface area contributed by atoms with Crippen molar-refractivity contribution in [3.8, 4) is 0 Å². The maximum Gasteiger partial charge on any atom is 0.262 e. The number of amides is 1. The predicted molar refractivity (Wildman–Crippen MR) is 104 cm³/mol. The van der Waals surface area contributed by atoms with E-state index in [2.05, 4.69) is 22.3 Å². The summed E-state index contributed by atoms with van der Waals surface area (Å²) in [6.45, 7) is 5.48. The highest BCUT2D eigenvalue weighted by Crippen LogP contribution is 2.22. The third-order valence-electron chi connectivity index (χ3n) is 3.86. The van der Waals surface area contributed by atoms with Gasteiger partial charge < -0.3 is 10.6 Å². The average molecular weight is 393 g/mol. The zero-order chi connectivity index (χ0) is 19.9. The molecule has 1 amide bonds. The summed E-state index contributed by atoms with van der Waals surface area (Å²) >= 11 is 0. The summed E-state index contributed by atoms with van der Waals surface area (Å²) in [6.07, 6.45) is 1.00. The number of benzene rings is 2. The molecule has 2 aromatic carbocycles. The van der Waals surface area contributed by atoms with E-state index in [1.54, 1.807) is 18.2 Å². The van der Waals surface area contributed by atoms with Crippen LogP contribution in [0.2, 0.25) is 0 Å². The molecular weight excluding hydrogens is 369 g/mol. The minimum absolute atomic E-state index is 0.0390. The van der Waals surface area contributed by atoms with Crippen molar-refractivity contribution in [3.05, 3.63) is 59.4 Å². The number of hydrogen-bond acceptors (Lipinski definition) is 4. The van der Waals surface area contributed by atoms with Gasteiger partial charge in [-0.25, -0.2) is 12.8 Å². The lowest BCUT2D eigenvalue weighted by molar-refractivity contribution is 0.0955. The number of hydrogen-bond donors (Lipinski definition) is 3. The van der Waals surface area contributed by atoms with E-state index in [-0.39, 0.29) is 27.6 Å². The highest BCUT2D eigenvalue weighted by Gasteiger charge is 2.20. The number of carbonyl (C=O) groups excluding carboxylic acids is 1. The summed E-state index contributed by atoms with van der Waals surface area (Å²) in [7, 11) is -3.96. The first-order chi connectivity index (χ1) is 12.8. The van der Waals surface area contributed by atoms with E-state index >= 15 is 0 Å². The van der Waals surface area contributed by atoms with Gasteiger partial charge in [-0.2, -0.15) is 0 Å². The molecule has 3 N–H and O–H groups in total. The minimum Gasteiger partial charge on any atom is -0.351 e. The van der Waals surface area contributed by atoms with E-state index in [0.29, 0.717) is 13.1 Å². The van der Waals surface area contributed by atoms with E-state index in [4.69, 9.17) is 0 Å². The predicted octanol–water partition coefficient (Wildman–Crippen LogP) is 2.66. The number of nitrogens with one attached hydrogen (secondary N) is 3. The molecule has 0 saturated heterocycles. The van der Waals surface area contributed by atoms with Gasteiger partial charge in [0.2, 0.25) is 0 Å². The quantitative estimate of drug-likeness (QED) is 0.572. The van der Waals surface area contributed by atoms with Crippen molar-refractivity contribution >= 4 is 21.6 Å². The number of aryl methyl sites for hydroxylation is 1. The van der Waals surface area contributed by atoms with E-state index in [1.165, 1.54) is 19.1 Å². The van der Waals surface area contributed by atoms with Crippen LogP contribution in [0.3, 0.4) is 0 Å². The summed E-state index contributed by atoms with van der Waals surface area (Å²) in [5.74, 6) is -0.884. The van der Waals surface area contributed by atoms with Gasteiger partial charge in [-0.15, -0.1) is 0 Å². The summed E-state index contributed by atoms with van der Waals surface area (Å²) in [4.78, 5) is 12.4. The molecule has 0 aliphatic heterocycles. The number of para-hydroxylation sites is 1. The number of sulfonamides is 1. The molecule has 6 nitrogen and oxygen atoms in total. The fourth-order valence-electron chi connectivity index (χ4n) is 2.55. The summed E-state index contributed by atoms with van der Waals surface area (Å²) in [5, 5.41) is 5.93. The summed E-state index contributed by atoms with van der Waals surface area (Å²) < 4.78 is 41.0. The second-order valence-corrected chi connectivity index (χ2v) is 7.72. The van der Waals surface area contributed by atoms with E-state index in [9.17, 15) is 17.6 Å². The van der Waals surface area contributed by atoms with Crippen LogP contribution in [0.5, 0.6) is 0 Å². The molecule has 2 rings (SSSR count). The SMILES string of the molecule is CCCNCCNC(=O)c1ccccc1NS(=O)(=O)c1ccc(F)cc1C. The Morgan fingerprint density at radius 1 is 1.07 bits per heavy atom. The Hall–Kier alpha value is -2.45. The number of carbonyl (C=O) groups is 1. The topological polar surface area (TPSA) is 87.3 Å². The molecule has 0 unspecified atom stereocenters. The van der Waals surface area contributed by atoms with Gasteiger partial charge >= 0.3 is 0 Å². The normalized spacial score (nSPS) is 11.2. The van der Waals surface area contributed by atoms with Crippen LogP contribution < -0.4 is 15.4 Å². The zero-order valence-electron chi connectivity index (χ0n) is 15.4. The third kappa shape index (κ3) is 5.77. The van der Waals surface area contributed by atoms with Crippen molar-refractivity contribution in [2.45, 2.75) is 25.2 Å². The Balaban J connectivity index is 2.16. The van der Waals surface area contributed by atoms with Crippen molar-refractivity contribution in [2.24, 2.45) is 0 Å². The minimum atomic E-state index is -3.96. The lowest BCUT2D eigenvalue weighted by Crippen LogP contribution is -2.32. The van der Waals surface area contributed by atoms with E-state index in [1.807, 2.05) is 0 Å². The van der Waals surface area contributed by atoms with Gasteiger partial charge in [-0.05, 0) is 55.8 Å². The third-order valence-corrected chi connectivity index (χ3v) is 5.38. The molecular formula is C19H24FN3O3S. The molecule has 8 heteroatoms. The number of anilines is 1. The first-order valence-corrected chi connectivity index (χ1v) is 10.2. The maximum atomic E-state index is 13.3. The lowest BCUT2D eigenvalue weighted by atomic mass is 10.1. The fraction of sp³-hybridized carbons (Fsp3) is 0.316. The largest absolute Gasteiger partial charge is 0.351 e. The van der Waals surface area contributed by atoms with E-state index in [0.717, 1.165) is 25.1 Å². The summed E-state index contributed by atoms with van der Waals surface area (Å²) in [6, 6.07) is 9.79. The van der Waals surface area contributed by atoms with Crippen LogP contribution in [0.4, 0.5) is 10.1 Å². The van der Waals surface area contributed by atoms with Crippen molar-refractivity contribution in [2.75, 3.05) is 24.4 Å². The van der Waals surface area contributed by atoms with Crippen molar-refractivity contribution in [1.82, 2.24) is 10.6 Å². The first kappa shape index (κ1) is 20.9. The Labute approximate surface area is 159 Å². The molecule has 2 aromatic rings. The monoisotopic (exact) mass is 393 g/mol. The first-order valence-electron chi connectivity index (χ1n) is 8.72. The molecule has 0 fully saturated rings. The van der Waals surface area contributed by atoms with Gasteiger partial charge in [0.05, 0.1) is 16.1 Å². The smallest absolute Gasteiger partial charge is 0.262 e. The molecule has 0 aliphatic carbocycles. The zero-order valence-corrected chi connectivity index (χ0v) is 16.2. The van der Waals surface area contributed by atoms with Crippen LogP contribution in [-0.2, 0) is 10.0 Å². The molecule has 146 valence electrons. The van der Waals surface area contributed by atoms with Gasteiger partial charge in [0.15, 0.2) is 0 Å². The molecule has 0 radical (unpaired) electrons. The van der Waals surface area contributed by atoms with E-state index < -0.39 is 15.8 Å². The summed E-state index contributed by atoms with van der Waals surface area (Å²) in [5.41, 5.74) is 0.669. The van der Waals surface area contributed by atoms with Gasteiger partial charge in [0.1, 0.15) is 5.82 Å². The Bertz CT molecular complexity index is 901. The molecule has 0 atom stereocenters. The number of rotatable bonds is 9. The average Bonchev–Trinajstić information content (AvgIpc) is 2.61. The molecule has 0 bridgehead atoms. The van der Waals surface area contributed by atoms with Crippen molar-refractivity contribution < 1.29 is 17.6 Å². The van der Waals surface area contributed by atoms with Gasteiger partial charge in [-0.1, -0.05) is 19.1 Å². The van der Waals surface area contributed by atoms with Crippen molar-refractivity contribution in [1.29, 1.82) is 0 Å². The number of halogens is 1. The Morgan fingerprint density at radius 2 is 1.81 bits per heavy atom. The highest BCUT2D eigenvalue weighted by atomic mass is 32.2. The molecule has 27 heavy (non-hydrogen) atoms. The standard InChI is InChI=1S/C19H24FN3O3S/c1-3-10-21-11-12-22-19(24)16-6-4-5-7-17(16)23-27(25,26)18-9-8-15(20)13-14(18)2/h4-9,13,21,23H,3,10-12H2,1-2H3,(H,22,24). The van der Waals surface area contributed by atoms with Crippen LogP contribution in [-0.4, -0.2) is 34.0 Å². The molecule has 0 spiro atoms. The molecule has 0 aromatic heterocycles. The van der Waals surface area contributed by atoms with Gasteiger partial charge in [-0.3, -0.25) is 9.52 Å². The van der Waals surface area contributed by atoms with Crippen LogP contribution in [0, 0.1) is 12.7 Å². The van der Waals surface area contributed by atoms with Crippen molar-refractivity contribution in [3.63, 3.8) is 0 Å². The van der Waals surface area contributed by atoms with Gasteiger partial charge in [0, 0.05) is 13.1 Å². The molecule has 0 heterocycles. The highest BCUT2D eigenvalue weighted by molar-refractivity contribution is 7.92.